The van der Waals surface area contributed by atoms with Crippen molar-refractivity contribution in [1.29, 1.82) is 0 Å². The lowest BCUT2D eigenvalue weighted by Crippen LogP contribution is -2.29. The van der Waals surface area contributed by atoms with Crippen LogP contribution < -0.4 is 10.6 Å². The highest BCUT2D eigenvalue weighted by atomic mass is 16.5. The Morgan fingerprint density at radius 3 is 2.84 bits per heavy atom. The number of nitrogens with zero attached hydrogens (tertiary/aromatic N) is 1. The Morgan fingerprint density at radius 2 is 2.26 bits per heavy atom. The van der Waals surface area contributed by atoms with E-state index in [2.05, 4.69) is 22.5 Å². The monoisotopic (exact) mass is 265 g/mol. The number of carbonyl (C=O) groups excluding carboxylic acids is 1. The summed E-state index contributed by atoms with van der Waals surface area (Å²) in [6.07, 6.45) is 2.63. The van der Waals surface area contributed by atoms with Crippen LogP contribution in [0.3, 0.4) is 0 Å². The van der Waals surface area contributed by atoms with Crippen molar-refractivity contribution in [2.75, 3.05) is 32.1 Å². The standard InChI is InChI=1S/C14H23N3O2/c1-4-7-15-13-6-5-12(9-16-13)14(18)17-8-11(2)10-19-3/h5-6,9,11H,4,7-8,10H2,1-3H3,(H,15,16)(H,17,18). The molecule has 2 N–H and O–H groups in total. The first-order valence-electron chi connectivity index (χ1n) is 6.64. The summed E-state index contributed by atoms with van der Waals surface area (Å²) in [5.74, 6) is 0.996. The van der Waals surface area contributed by atoms with Gasteiger partial charge in [-0.25, -0.2) is 4.98 Å². The quantitative estimate of drug-likeness (QED) is 0.753. The molecule has 106 valence electrons. The molecule has 0 spiro atoms. The summed E-state index contributed by atoms with van der Waals surface area (Å²) >= 11 is 0. The van der Waals surface area contributed by atoms with Gasteiger partial charge in [0.05, 0.1) is 12.2 Å². The minimum atomic E-state index is -0.0995. The van der Waals surface area contributed by atoms with E-state index in [0.29, 0.717) is 24.6 Å². The molecule has 0 saturated carbocycles. The van der Waals surface area contributed by atoms with Crippen LogP contribution in [-0.2, 0) is 4.74 Å². The second-order valence-corrected chi connectivity index (χ2v) is 4.63. The van der Waals surface area contributed by atoms with Gasteiger partial charge in [-0.05, 0) is 24.5 Å². The Balaban J connectivity index is 2.44. The van der Waals surface area contributed by atoms with E-state index in [1.165, 1.54) is 0 Å². The molecule has 5 heteroatoms. The lowest BCUT2D eigenvalue weighted by Gasteiger charge is -2.11. The molecule has 0 fully saturated rings. The number of amides is 1. The maximum atomic E-state index is 11.9. The highest BCUT2D eigenvalue weighted by Crippen LogP contribution is 2.05. The molecule has 1 heterocycles. The highest BCUT2D eigenvalue weighted by Gasteiger charge is 2.08. The first-order valence-corrected chi connectivity index (χ1v) is 6.64. The van der Waals surface area contributed by atoms with Gasteiger partial charge in [-0.3, -0.25) is 4.79 Å². The van der Waals surface area contributed by atoms with Crippen LogP contribution in [0.5, 0.6) is 0 Å². The van der Waals surface area contributed by atoms with Crippen LogP contribution >= 0.6 is 0 Å². The van der Waals surface area contributed by atoms with Crippen LogP contribution in [0.25, 0.3) is 0 Å². The molecule has 0 bridgehead atoms. The Kier molecular flexibility index (Phi) is 6.89. The maximum Gasteiger partial charge on any atom is 0.252 e. The van der Waals surface area contributed by atoms with Crippen molar-refractivity contribution in [2.24, 2.45) is 5.92 Å². The van der Waals surface area contributed by atoms with Crippen LogP contribution in [0.15, 0.2) is 18.3 Å². The van der Waals surface area contributed by atoms with Crippen molar-refractivity contribution in [3.8, 4) is 0 Å². The first kappa shape index (κ1) is 15.4. The van der Waals surface area contributed by atoms with Gasteiger partial charge in [0.2, 0.25) is 0 Å². The lowest BCUT2D eigenvalue weighted by atomic mass is 10.2. The topological polar surface area (TPSA) is 63.2 Å². The first-order chi connectivity index (χ1) is 9.17. The third kappa shape index (κ3) is 5.70. The van der Waals surface area contributed by atoms with Gasteiger partial charge < -0.3 is 15.4 Å². The predicted molar refractivity (Wildman–Crippen MR) is 76.4 cm³/mol. The maximum absolute atomic E-state index is 11.9. The normalized spacial score (nSPS) is 11.9. The number of anilines is 1. The van der Waals surface area contributed by atoms with Crippen molar-refractivity contribution >= 4 is 11.7 Å². The number of ether oxygens (including phenoxy) is 1. The minimum absolute atomic E-state index is 0.0995. The van der Waals surface area contributed by atoms with Crippen molar-refractivity contribution in [2.45, 2.75) is 20.3 Å². The van der Waals surface area contributed by atoms with Crippen LogP contribution in [0.2, 0.25) is 0 Å². The Labute approximate surface area is 114 Å². The summed E-state index contributed by atoms with van der Waals surface area (Å²) in [5.41, 5.74) is 0.576. The minimum Gasteiger partial charge on any atom is -0.384 e. The summed E-state index contributed by atoms with van der Waals surface area (Å²) < 4.78 is 5.02. The second-order valence-electron chi connectivity index (χ2n) is 4.63. The molecule has 1 atom stereocenters. The fraction of sp³-hybridized carbons (Fsp3) is 0.571. The van der Waals surface area contributed by atoms with Crippen molar-refractivity contribution in [1.82, 2.24) is 10.3 Å². The number of rotatable bonds is 8. The second kappa shape index (κ2) is 8.48. The number of pyridine rings is 1. The van der Waals surface area contributed by atoms with E-state index in [0.717, 1.165) is 18.8 Å². The predicted octanol–water partition coefficient (Wildman–Crippen LogP) is 1.92. The molecular weight excluding hydrogens is 242 g/mol. The zero-order chi connectivity index (χ0) is 14.1. The molecule has 0 saturated heterocycles. The zero-order valence-electron chi connectivity index (χ0n) is 11.9. The molecule has 1 rings (SSSR count). The molecule has 19 heavy (non-hydrogen) atoms. The summed E-state index contributed by atoms with van der Waals surface area (Å²) in [7, 11) is 1.66. The molecule has 0 aliphatic heterocycles. The molecule has 1 aromatic rings. The average molecular weight is 265 g/mol. The van der Waals surface area contributed by atoms with E-state index in [1.807, 2.05) is 13.0 Å². The number of aromatic nitrogens is 1. The van der Waals surface area contributed by atoms with E-state index in [9.17, 15) is 4.79 Å². The SMILES string of the molecule is CCCNc1ccc(C(=O)NCC(C)COC)cn1. The van der Waals surface area contributed by atoms with E-state index in [1.54, 1.807) is 19.4 Å². The van der Waals surface area contributed by atoms with Crippen molar-refractivity contribution in [3.05, 3.63) is 23.9 Å². The molecule has 1 amide bonds. The number of methoxy groups -OCH3 is 1. The highest BCUT2D eigenvalue weighted by molar-refractivity contribution is 5.94. The fourth-order valence-electron chi connectivity index (χ4n) is 1.60. The number of hydrogen-bond donors (Lipinski definition) is 2. The van der Waals surface area contributed by atoms with Crippen LogP contribution in [0, 0.1) is 5.92 Å². The van der Waals surface area contributed by atoms with E-state index in [4.69, 9.17) is 4.74 Å². The van der Waals surface area contributed by atoms with Gasteiger partial charge in [0.25, 0.3) is 5.91 Å². The van der Waals surface area contributed by atoms with E-state index < -0.39 is 0 Å². The van der Waals surface area contributed by atoms with Crippen molar-refractivity contribution < 1.29 is 9.53 Å². The Morgan fingerprint density at radius 1 is 1.47 bits per heavy atom. The van der Waals surface area contributed by atoms with Gasteiger partial charge in [0.15, 0.2) is 0 Å². The Hall–Kier alpha value is -1.62. The van der Waals surface area contributed by atoms with Crippen LogP contribution in [0.4, 0.5) is 5.82 Å². The van der Waals surface area contributed by atoms with Gasteiger partial charge in [-0.15, -0.1) is 0 Å². The molecule has 0 aromatic carbocycles. The largest absolute Gasteiger partial charge is 0.384 e. The summed E-state index contributed by atoms with van der Waals surface area (Å²) in [5, 5.41) is 6.03. The van der Waals surface area contributed by atoms with Gasteiger partial charge in [-0.1, -0.05) is 13.8 Å². The molecule has 0 aliphatic rings. The van der Waals surface area contributed by atoms with Gasteiger partial charge in [-0.2, -0.15) is 0 Å². The van der Waals surface area contributed by atoms with E-state index in [-0.39, 0.29) is 5.91 Å². The van der Waals surface area contributed by atoms with Gasteiger partial charge >= 0.3 is 0 Å². The number of nitrogens with one attached hydrogen (secondary N) is 2. The lowest BCUT2D eigenvalue weighted by molar-refractivity contribution is 0.0934. The third-order valence-corrected chi connectivity index (χ3v) is 2.64. The van der Waals surface area contributed by atoms with Crippen molar-refractivity contribution in [3.63, 3.8) is 0 Å². The molecule has 1 aromatic heterocycles. The number of carbonyl (C=O) groups is 1. The molecular formula is C14H23N3O2. The zero-order valence-corrected chi connectivity index (χ0v) is 11.9. The van der Waals surface area contributed by atoms with Crippen LogP contribution in [-0.4, -0.2) is 37.7 Å². The smallest absolute Gasteiger partial charge is 0.252 e. The molecule has 1 unspecified atom stereocenters. The molecule has 0 aliphatic carbocycles. The third-order valence-electron chi connectivity index (χ3n) is 2.64. The average Bonchev–Trinajstić information content (AvgIpc) is 2.43. The number of hydrogen-bond acceptors (Lipinski definition) is 4. The summed E-state index contributed by atoms with van der Waals surface area (Å²) in [4.78, 5) is 16.1. The van der Waals surface area contributed by atoms with Crippen LogP contribution in [0.1, 0.15) is 30.6 Å². The molecule has 0 radical (unpaired) electrons. The fourth-order valence-corrected chi connectivity index (χ4v) is 1.60. The summed E-state index contributed by atoms with van der Waals surface area (Å²) in [6, 6.07) is 3.60. The Bertz CT molecular complexity index is 379. The molecule has 5 nitrogen and oxygen atoms in total. The van der Waals surface area contributed by atoms with Gasteiger partial charge in [0, 0.05) is 26.4 Å². The van der Waals surface area contributed by atoms with E-state index >= 15 is 0 Å². The van der Waals surface area contributed by atoms with Gasteiger partial charge in [0.1, 0.15) is 5.82 Å². The summed E-state index contributed by atoms with van der Waals surface area (Å²) in [6.45, 7) is 6.24.